The van der Waals surface area contributed by atoms with Crippen molar-refractivity contribution in [1.82, 2.24) is 19.1 Å². The van der Waals surface area contributed by atoms with E-state index in [1.807, 2.05) is 32.4 Å². The molecule has 30 heavy (non-hydrogen) atoms. The van der Waals surface area contributed by atoms with Gasteiger partial charge in [-0.25, -0.2) is 22.4 Å². The molecule has 0 atom stereocenters. The third-order valence-corrected chi connectivity index (χ3v) is 6.95. The molecule has 0 spiro atoms. The van der Waals surface area contributed by atoms with Crippen molar-refractivity contribution in [2.24, 2.45) is 0 Å². The summed E-state index contributed by atoms with van der Waals surface area (Å²) in [6.07, 6.45) is 1.69. The second-order valence-electron chi connectivity index (χ2n) is 7.87. The van der Waals surface area contributed by atoms with Crippen LogP contribution in [0, 0.1) is 20.8 Å². The Bertz CT molecular complexity index is 1240. The number of sulfonamides is 1. The number of benzene rings is 1. The number of carbonyl (C=O) groups excluding carboxylic acids is 1. The number of hydrogen-bond donors (Lipinski definition) is 1. The minimum atomic E-state index is -3.62. The van der Waals surface area contributed by atoms with Crippen LogP contribution < -0.4 is 5.32 Å². The number of hydrogen-bond acceptors (Lipinski definition) is 5. The van der Waals surface area contributed by atoms with Crippen LogP contribution in [0.2, 0.25) is 0 Å². The maximum atomic E-state index is 13.0. The summed E-state index contributed by atoms with van der Waals surface area (Å²) in [5.41, 5.74) is 3.76. The molecule has 160 valence electrons. The Hall–Kier alpha value is -2.78. The zero-order valence-corrected chi connectivity index (χ0v) is 19.1. The Labute approximate surface area is 177 Å². The first kappa shape index (κ1) is 21.9. The van der Waals surface area contributed by atoms with Crippen molar-refractivity contribution in [2.75, 3.05) is 19.4 Å². The highest BCUT2D eigenvalue weighted by atomic mass is 32.2. The van der Waals surface area contributed by atoms with E-state index in [1.54, 1.807) is 25.3 Å². The van der Waals surface area contributed by atoms with Gasteiger partial charge in [-0.1, -0.05) is 0 Å². The van der Waals surface area contributed by atoms with Crippen LogP contribution in [0.5, 0.6) is 0 Å². The third kappa shape index (κ3) is 3.82. The van der Waals surface area contributed by atoms with Crippen molar-refractivity contribution in [3.63, 3.8) is 0 Å². The fourth-order valence-electron chi connectivity index (χ4n) is 3.18. The lowest BCUT2D eigenvalue weighted by atomic mass is 10.1. The van der Waals surface area contributed by atoms with Crippen LogP contribution >= 0.6 is 0 Å². The van der Waals surface area contributed by atoms with Gasteiger partial charge in [-0.05, 0) is 63.9 Å². The third-order valence-electron chi connectivity index (χ3n) is 5.16. The van der Waals surface area contributed by atoms with E-state index in [0.717, 1.165) is 26.5 Å². The predicted molar refractivity (Wildman–Crippen MR) is 117 cm³/mol. The largest absolute Gasteiger partial charge is 0.322 e. The first-order chi connectivity index (χ1) is 13.9. The topological polar surface area (TPSA) is 97.2 Å². The van der Waals surface area contributed by atoms with E-state index in [4.69, 9.17) is 0 Å². The second kappa shape index (κ2) is 7.81. The number of amides is 1. The molecule has 0 fully saturated rings. The first-order valence-electron chi connectivity index (χ1n) is 9.63. The fraction of sp³-hybridized carbons (Fsp3) is 0.381. The molecule has 0 saturated carbocycles. The standard InChI is InChI=1S/C21H27N5O3S/c1-12(2)26-20-16(11-22-26)9-18(15(5)23-20)21(27)24-19-10-17(8-13(3)14(19)4)30(28,29)25(6)7/h8-12H,1-7H3,(H,24,27). The molecule has 0 radical (unpaired) electrons. The summed E-state index contributed by atoms with van der Waals surface area (Å²) in [4.78, 5) is 17.7. The van der Waals surface area contributed by atoms with Crippen molar-refractivity contribution in [3.05, 3.63) is 46.8 Å². The van der Waals surface area contributed by atoms with Crippen LogP contribution in [0.1, 0.15) is 47.1 Å². The number of aryl methyl sites for hydroxylation is 2. The Kier molecular flexibility index (Phi) is 5.70. The lowest BCUT2D eigenvalue weighted by Crippen LogP contribution is -2.23. The number of anilines is 1. The Balaban J connectivity index is 2.02. The smallest absolute Gasteiger partial charge is 0.257 e. The highest BCUT2D eigenvalue weighted by Gasteiger charge is 2.21. The average Bonchev–Trinajstić information content (AvgIpc) is 3.07. The molecule has 0 bridgehead atoms. The summed E-state index contributed by atoms with van der Waals surface area (Å²) >= 11 is 0. The van der Waals surface area contributed by atoms with Gasteiger partial charge in [-0.2, -0.15) is 5.10 Å². The molecule has 1 amide bonds. The summed E-state index contributed by atoms with van der Waals surface area (Å²) in [5.74, 6) is -0.346. The Morgan fingerprint density at radius 2 is 1.80 bits per heavy atom. The van der Waals surface area contributed by atoms with Gasteiger partial charge in [-0.15, -0.1) is 0 Å². The molecule has 0 aliphatic rings. The fourth-order valence-corrected chi connectivity index (χ4v) is 4.19. The minimum absolute atomic E-state index is 0.134. The molecule has 0 aliphatic heterocycles. The molecule has 2 heterocycles. The van der Waals surface area contributed by atoms with Crippen molar-refractivity contribution < 1.29 is 13.2 Å². The summed E-state index contributed by atoms with van der Waals surface area (Å²) in [6, 6.07) is 5.02. The highest BCUT2D eigenvalue weighted by Crippen LogP contribution is 2.27. The Morgan fingerprint density at radius 3 is 2.40 bits per heavy atom. The van der Waals surface area contributed by atoms with Gasteiger partial charge in [0.15, 0.2) is 5.65 Å². The lowest BCUT2D eigenvalue weighted by Gasteiger charge is -2.17. The molecule has 0 unspecified atom stereocenters. The van der Waals surface area contributed by atoms with Crippen LogP contribution in [0.4, 0.5) is 5.69 Å². The molecule has 0 saturated heterocycles. The minimum Gasteiger partial charge on any atom is -0.322 e. The molecule has 2 aromatic heterocycles. The van der Waals surface area contributed by atoms with Gasteiger partial charge < -0.3 is 5.32 Å². The number of pyridine rings is 1. The van der Waals surface area contributed by atoms with E-state index in [1.165, 1.54) is 20.2 Å². The van der Waals surface area contributed by atoms with E-state index >= 15 is 0 Å². The monoisotopic (exact) mass is 429 g/mol. The van der Waals surface area contributed by atoms with Crippen molar-refractivity contribution in [2.45, 2.75) is 45.6 Å². The van der Waals surface area contributed by atoms with Gasteiger partial charge in [0.2, 0.25) is 10.0 Å². The Morgan fingerprint density at radius 1 is 1.13 bits per heavy atom. The van der Waals surface area contributed by atoms with Gasteiger partial charge in [0.25, 0.3) is 5.91 Å². The predicted octanol–water partition coefficient (Wildman–Crippen LogP) is 3.44. The van der Waals surface area contributed by atoms with Crippen LogP contribution in [0.25, 0.3) is 11.0 Å². The van der Waals surface area contributed by atoms with Crippen LogP contribution in [0.15, 0.2) is 29.3 Å². The summed E-state index contributed by atoms with van der Waals surface area (Å²) < 4.78 is 28.1. The molecule has 3 rings (SSSR count). The highest BCUT2D eigenvalue weighted by molar-refractivity contribution is 7.89. The van der Waals surface area contributed by atoms with Crippen LogP contribution in [-0.4, -0.2) is 47.5 Å². The zero-order valence-electron chi connectivity index (χ0n) is 18.3. The van der Waals surface area contributed by atoms with Crippen LogP contribution in [-0.2, 0) is 10.0 Å². The number of nitrogens with one attached hydrogen (secondary N) is 1. The van der Waals surface area contributed by atoms with Crippen molar-refractivity contribution >= 4 is 32.7 Å². The lowest BCUT2D eigenvalue weighted by molar-refractivity contribution is 0.102. The zero-order chi connectivity index (χ0) is 22.4. The summed E-state index contributed by atoms with van der Waals surface area (Å²) in [7, 11) is -0.670. The number of fused-ring (bicyclic) bond motifs is 1. The van der Waals surface area contributed by atoms with E-state index in [-0.39, 0.29) is 16.8 Å². The number of nitrogens with zero attached hydrogens (tertiary/aromatic N) is 4. The molecule has 9 heteroatoms. The quantitative estimate of drug-likeness (QED) is 0.670. The van der Waals surface area contributed by atoms with Gasteiger partial charge in [-0.3, -0.25) is 4.79 Å². The van der Waals surface area contributed by atoms with Gasteiger partial charge >= 0.3 is 0 Å². The van der Waals surface area contributed by atoms with Gasteiger partial charge in [0, 0.05) is 31.2 Å². The number of aromatic nitrogens is 3. The van der Waals surface area contributed by atoms with Crippen LogP contribution in [0.3, 0.4) is 0 Å². The molecule has 1 N–H and O–H groups in total. The van der Waals surface area contributed by atoms with Crippen molar-refractivity contribution in [1.29, 1.82) is 0 Å². The SMILES string of the molecule is Cc1cc(S(=O)(=O)N(C)C)cc(NC(=O)c2cc3cnn(C(C)C)c3nc2C)c1C. The molecular formula is C21H27N5O3S. The molecule has 3 aromatic rings. The van der Waals surface area contributed by atoms with E-state index in [9.17, 15) is 13.2 Å². The summed E-state index contributed by atoms with van der Waals surface area (Å²) in [6.45, 7) is 9.47. The van der Waals surface area contributed by atoms with Gasteiger partial charge in [0.05, 0.1) is 22.3 Å². The van der Waals surface area contributed by atoms with E-state index < -0.39 is 10.0 Å². The molecule has 0 aliphatic carbocycles. The van der Waals surface area contributed by atoms with Crippen molar-refractivity contribution in [3.8, 4) is 0 Å². The maximum Gasteiger partial charge on any atom is 0.257 e. The number of rotatable bonds is 5. The molecule has 1 aromatic carbocycles. The average molecular weight is 430 g/mol. The van der Waals surface area contributed by atoms with E-state index in [2.05, 4.69) is 15.4 Å². The number of carbonyl (C=O) groups is 1. The molecule has 8 nitrogen and oxygen atoms in total. The second-order valence-corrected chi connectivity index (χ2v) is 10.0. The normalized spacial score (nSPS) is 12.2. The summed E-state index contributed by atoms with van der Waals surface area (Å²) in [5, 5.41) is 7.99. The molecular weight excluding hydrogens is 402 g/mol. The van der Waals surface area contributed by atoms with Gasteiger partial charge in [0.1, 0.15) is 0 Å². The first-order valence-corrected chi connectivity index (χ1v) is 11.1. The maximum absolute atomic E-state index is 13.0. The van der Waals surface area contributed by atoms with E-state index in [0.29, 0.717) is 16.9 Å².